The highest BCUT2D eigenvalue weighted by molar-refractivity contribution is 6.29. The predicted molar refractivity (Wildman–Crippen MR) is 77.7 cm³/mol. The van der Waals surface area contributed by atoms with Crippen molar-refractivity contribution in [1.82, 2.24) is 9.13 Å². The molecule has 1 aromatic carbocycles. The van der Waals surface area contributed by atoms with Gasteiger partial charge in [-0.1, -0.05) is 23.7 Å². The molecule has 0 amide bonds. The van der Waals surface area contributed by atoms with Crippen LogP contribution >= 0.6 is 11.6 Å². The van der Waals surface area contributed by atoms with Crippen LogP contribution in [0.25, 0.3) is 0 Å². The van der Waals surface area contributed by atoms with Crippen molar-refractivity contribution in [1.29, 1.82) is 0 Å². The highest BCUT2D eigenvalue weighted by atomic mass is 35.5. The fourth-order valence-corrected chi connectivity index (χ4v) is 2.16. The van der Waals surface area contributed by atoms with Gasteiger partial charge in [-0.3, -0.25) is 13.9 Å². The predicted octanol–water partition coefficient (Wildman–Crippen LogP) is 1.74. The summed E-state index contributed by atoms with van der Waals surface area (Å²) in [5.41, 5.74) is 0.116. The third-order valence-electron chi connectivity index (χ3n) is 3.04. The maximum Gasteiger partial charge on any atom is 0.332 e. The van der Waals surface area contributed by atoms with Crippen LogP contribution in [0, 0.1) is 0 Å². The van der Waals surface area contributed by atoms with E-state index >= 15 is 0 Å². The SMILES string of the molecule is CCn1c(=O)cc(Cl)n(Cc2ccc(OC)cc2)c1=O. The lowest BCUT2D eigenvalue weighted by Crippen LogP contribution is -2.39. The fraction of sp³-hybridized carbons (Fsp3) is 0.286. The molecule has 0 aliphatic heterocycles. The molecule has 1 aromatic heterocycles. The Kier molecular flexibility index (Phi) is 4.29. The maximum atomic E-state index is 12.2. The van der Waals surface area contributed by atoms with Gasteiger partial charge in [0.1, 0.15) is 10.9 Å². The summed E-state index contributed by atoms with van der Waals surface area (Å²) in [5.74, 6) is 0.741. The Balaban J connectivity index is 2.42. The largest absolute Gasteiger partial charge is 0.497 e. The Morgan fingerprint density at radius 3 is 2.35 bits per heavy atom. The number of methoxy groups -OCH3 is 1. The van der Waals surface area contributed by atoms with E-state index in [1.165, 1.54) is 10.6 Å². The van der Waals surface area contributed by atoms with E-state index in [0.717, 1.165) is 15.9 Å². The van der Waals surface area contributed by atoms with Crippen molar-refractivity contribution in [2.45, 2.75) is 20.0 Å². The van der Waals surface area contributed by atoms with Crippen LogP contribution in [0.5, 0.6) is 5.75 Å². The molecule has 6 heteroatoms. The number of ether oxygens (including phenoxy) is 1. The van der Waals surface area contributed by atoms with Crippen LogP contribution in [0.3, 0.4) is 0 Å². The van der Waals surface area contributed by atoms with Crippen LogP contribution in [-0.2, 0) is 13.1 Å². The summed E-state index contributed by atoms with van der Waals surface area (Å²) in [6.07, 6.45) is 0. The van der Waals surface area contributed by atoms with Gasteiger partial charge in [0.25, 0.3) is 5.56 Å². The highest BCUT2D eigenvalue weighted by Crippen LogP contribution is 2.13. The third kappa shape index (κ3) is 2.77. The third-order valence-corrected chi connectivity index (χ3v) is 3.36. The summed E-state index contributed by atoms with van der Waals surface area (Å²) >= 11 is 6.00. The van der Waals surface area contributed by atoms with Gasteiger partial charge in [0.05, 0.1) is 13.7 Å². The Bertz CT molecular complexity index is 717. The molecule has 0 aliphatic carbocycles. The number of nitrogens with zero attached hydrogens (tertiary/aromatic N) is 2. The van der Waals surface area contributed by atoms with Crippen LogP contribution in [-0.4, -0.2) is 16.2 Å². The van der Waals surface area contributed by atoms with Crippen LogP contribution in [0.2, 0.25) is 5.15 Å². The minimum atomic E-state index is -0.402. The Labute approximate surface area is 121 Å². The molecule has 2 aromatic rings. The minimum absolute atomic E-state index is 0.139. The van der Waals surface area contributed by atoms with Crippen LogP contribution in [0.1, 0.15) is 12.5 Å². The van der Waals surface area contributed by atoms with E-state index in [-0.39, 0.29) is 10.7 Å². The van der Waals surface area contributed by atoms with E-state index in [1.807, 2.05) is 24.3 Å². The van der Waals surface area contributed by atoms with E-state index in [4.69, 9.17) is 16.3 Å². The first-order chi connectivity index (χ1) is 9.56. The normalized spacial score (nSPS) is 10.6. The zero-order valence-corrected chi connectivity index (χ0v) is 12.1. The van der Waals surface area contributed by atoms with E-state index in [2.05, 4.69) is 0 Å². The van der Waals surface area contributed by atoms with Crippen molar-refractivity contribution in [3.05, 3.63) is 61.9 Å². The Morgan fingerprint density at radius 2 is 1.80 bits per heavy atom. The zero-order valence-electron chi connectivity index (χ0n) is 11.3. The van der Waals surface area contributed by atoms with Gasteiger partial charge in [0, 0.05) is 12.6 Å². The van der Waals surface area contributed by atoms with Gasteiger partial charge in [0.2, 0.25) is 0 Å². The summed E-state index contributed by atoms with van der Waals surface area (Å²) in [5, 5.41) is 0.139. The molecule has 106 valence electrons. The molecule has 0 radical (unpaired) electrons. The number of benzene rings is 1. The molecule has 0 N–H and O–H groups in total. The summed E-state index contributed by atoms with van der Waals surface area (Å²) in [6, 6.07) is 8.58. The molecule has 2 rings (SSSR count). The monoisotopic (exact) mass is 294 g/mol. The maximum absolute atomic E-state index is 12.2. The van der Waals surface area contributed by atoms with Gasteiger partial charge in [0.15, 0.2) is 0 Å². The van der Waals surface area contributed by atoms with E-state index in [9.17, 15) is 9.59 Å². The zero-order chi connectivity index (χ0) is 14.7. The smallest absolute Gasteiger partial charge is 0.332 e. The molecule has 0 aliphatic rings. The summed E-state index contributed by atoms with van der Waals surface area (Å²) < 4.78 is 7.60. The van der Waals surface area contributed by atoms with Crippen molar-refractivity contribution in [2.24, 2.45) is 0 Å². The molecule has 0 saturated heterocycles. The number of hydrogen-bond donors (Lipinski definition) is 0. The Hall–Kier alpha value is -2.01. The lowest BCUT2D eigenvalue weighted by atomic mass is 10.2. The van der Waals surface area contributed by atoms with Crippen LogP contribution < -0.4 is 16.0 Å². The standard InChI is InChI=1S/C14H15ClN2O3/c1-3-16-13(18)8-12(15)17(14(16)19)9-10-4-6-11(20-2)7-5-10/h4-8H,3,9H2,1-2H3. The second-order valence-corrected chi connectivity index (χ2v) is 4.65. The molecule has 0 spiro atoms. The Morgan fingerprint density at radius 1 is 1.15 bits per heavy atom. The van der Waals surface area contributed by atoms with Crippen molar-refractivity contribution in [3.8, 4) is 5.75 Å². The minimum Gasteiger partial charge on any atom is -0.497 e. The van der Waals surface area contributed by atoms with E-state index in [0.29, 0.717) is 13.1 Å². The molecule has 0 unspecified atom stereocenters. The lowest BCUT2D eigenvalue weighted by Gasteiger charge is -2.11. The molecule has 0 atom stereocenters. The quantitative estimate of drug-likeness (QED) is 0.807. The first kappa shape index (κ1) is 14.4. The topological polar surface area (TPSA) is 53.2 Å². The number of rotatable bonds is 4. The van der Waals surface area contributed by atoms with Crippen molar-refractivity contribution < 1.29 is 4.74 Å². The molecule has 0 saturated carbocycles. The molecule has 0 bridgehead atoms. The molecule has 5 nitrogen and oxygen atoms in total. The number of hydrogen-bond acceptors (Lipinski definition) is 3. The van der Waals surface area contributed by atoms with Crippen molar-refractivity contribution in [2.75, 3.05) is 7.11 Å². The van der Waals surface area contributed by atoms with E-state index in [1.54, 1.807) is 14.0 Å². The van der Waals surface area contributed by atoms with Crippen molar-refractivity contribution >= 4 is 11.6 Å². The van der Waals surface area contributed by atoms with Gasteiger partial charge in [-0.2, -0.15) is 0 Å². The van der Waals surface area contributed by atoms with Gasteiger partial charge >= 0.3 is 5.69 Å². The second-order valence-electron chi connectivity index (χ2n) is 4.27. The average molecular weight is 295 g/mol. The highest BCUT2D eigenvalue weighted by Gasteiger charge is 2.09. The molecule has 1 heterocycles. The average Bonchev–Trinajstić information content (AvgIpc) is 2.44. The molecule has 20 heavy (non-hydrogen) atoms. The molecule has 0 fully saturated rings. The summed E-state index contributed by atoms with van der Waals surface area (Å²) in [7, 11) is 1.59. The molecular weight excluding hydrogens is 280 g/mol. The van der Waals surface area contributed by atoms with Gasteiger partial charge in [-0.15, -0.1) is 0 Å². The second kappa shape index (κ2) is 5.96. The van der Waals surface area contributed by atoms with Gasteiger partial charge < -0.3 is 4.74 Å². The number of aromatic nitrogens is 2. The first-order valence-corrected chi connectivity index (χ1v) is 6.57. The lowest BCUT2D eigenvalue weighted by molar-refractivity contribution is 0.414. The number of halogens is 1. The van der Waals surface area contributed by atoms with Gasteiger partial charge in [-0.25, -0.2) is 4.79 Å². The summed E-state index contributed by atoms with van der Waals surface area (Å²) in [6.45, 7) is 2.37. The fourth-order valence-electron chi connectivity index (χ4n) is 1.94. The van der Waals surface area contributed by atoms with Gasteiger partial charge in [-0.05, 0) is 24.6 Å². The summed E-state index contributed by atoms with van der Waals surface area (Å²) in [4.78, 5) is 23.8. The van der Waals surface area contributed by atoms with E-state index < -0.39 is 5.69 Å². The molecular formula is C14H15ClN2O3. The first-order valence-electron chi connectivity index (χ1n) is 6.20. The van der Waals surface area contributed by atoms with Crippen molar-refractivity contribution in [3.63, 3.8) is 0 Å². The van der Waals surface area contributed by atoms with Crippen LogP contribution in [0.15, 0.2) is 39.9 Å². The van der Waals surface area contributed by atoms with Crippen LogP contribution in [0.4, 0.5) is 0 Å².